The molecule has 0 aliphatic heterocycles. The molecule has 2 aromatic rings. The Kier molecular flexibility index (Phi) is 10.2. The zero-order valence-electron chi connectivity index (χ0n) is 21.3. The summed E-state index contributed by atoms with van der Waals surface area (Å²) < 4.78 is 1.08. The predicted molar refractivity (Wildman–Crippen MR) is 142 cm³/mol. The van der Waals surface area contributed by atoms with Gasteiger partial charge in [0.05, 0.1) is 26.7 Å². The van der Waals surface area contributed by atoms with Crippen molar-refractivity contribution >= 4 is 39.2 Å². The average Bonchev–Trinajstić information content (AvgIpc) is 3.31. The molecular formula is C28H36N4O3S. The molecule has 7 nitrogen and oxygen atoms in total. The van der Waals surface area contributed by atoms with Gasteiger partial charge in [-0.15, -0.1) is 11.3 Å². The number of nitriles is 1. The fourth-order valence-corrected chi connectivity index (χ4v) is 5.99. The third kappa shape index (κ3) is 7.47. The topological polar surface area (TPSA) is 112 Å². The highest BCUT2D eigenvalue weighted by Crippen LogP contribution is 2.30. The number of thiazole rings is 1. The van der Waals surface area contributed by atoms with Gasteiger partial charge in [0.25, 0.3) is 0 Å². The minimum Gasteiger partial charge on any atom is -0.359 e. The highest BCUT2D eigenvalue weighted by atomic mass is 32.1. The van der Waals surface area contributed by atoms with Gasteiger partial charge in [-0.3, -0.25) is 14.4 Å². The highest BCUT2D eigenvalue weighted by molar-refractivity contribution is 7.18. The summed E-state index contributed by atoms with van der Waals surface area (Å²) in [4.78, 5) is 42.8. The van der Waals surface area contributed by atoms with E-state index in [1.165, 1.54) is 12.0 Å². The number of hydrogen-bond acceptors (Lipinski definition) is 6. The Balaban J connectivity index is 1.77. The van der Waals surface area contributed by atoms with Crippen molar-refractivity contribution in [3.8, 4) is 6.07 Å². The van der Waals surface area contributed by atoms with E-state index in [4.69, 9.17) is 10.2 Å². The van der Waals surface area contributed by atoms with Crippen molar-refractivity contribution < 1.29 is 14.4 Å². The molecule has 1 fully saturated rings. The van der Waals surface area contributed by atoms with E-state index >= 15 is 0 Å². The molecule has 2 amide bonds. The van der Waals surface area contributed by atoms with Crippen LogP contribution in [-0.4, -0.2) is 35.7 Å². The van der Waals surface area contributed by atoms with Gasteiger partial charge in [-0.25, -0.2) is 4.98 Å². The second kappa shape index (κ2) is 13.3. The van der Waals surface area contributed by atoms with Crippen LogP contribution < -0.4 is 10.6 Å². The summed E-state index contributed by atoms with van der Waals surface area (Å²) >= 11 is 1.57. The van der Waals surface area contributed by atoms with Crippen molar-refractivity contribution in [1.82, 2.24) is 15.6 Å². The predicted octanol–water partition coefficient (Wildman–Crippen LogP) is 4.65. The molecule has 1 saturated carbocycles. The van der Waals surface area contributed by atoms with Crippen LogP contribution in [-0.2, 0) is 27.2 Å². The van der Waals surface area contributed by atoms with Crippen LogP contribution >= 0.6 is 11.3 Å². The van der Waals surface area contributed by atoms with E-state index < -0.39 is 5.92 Å². The maximum absolute atomic E-state index is 13.5. The van der Waals surface area contributed by atoms with Crippen molar-refractivity contribution in [1.29, 1.82) is 5.26 Å². The van der Waals surface area contributed by atoms with Crippen LogP contribution in [0.4, 0.5) is 0 Å². The first-order valence-corrected chi connectivity index (χ1v) is 13.7. The first-order chi connectivity index (χ1) is 17.3. The number of carbonyl (C=O) groups is 3. The molecule has 1 aliphatic rings. The number of Topliss-reactive ketones (excluding diaryl/α,β-unsaturated/α-hetero) is 1. The number of hydrogen-bond donors (Lipinski definition) is 2. The molecule has 0 unspecified atom stereocenters. The Bertz CT molecular complexity index is 1140. The van der Waals surface area contributed by atoms with Crippen LogP contribution in [0.3, 0.4) is 0 Å². The maximum atomic E-state index is 13.5. The van der Waals surface area contributed by atoms with Gasteiger partial charge in [0.15, 0.2) is 5.78 Å². The first kappa shape index (κ1) is 27.5. The molecule has 0 radical (unpaired) electrons. The second-order valence-electron chi connectivity index (χ2n) is 9.61. The Morgan fingerprint density at radius 2 is 2.00 bits per heavy atom. The molecule has 192 valence electrons. The van der Waals surface area contributed by atoms with Crippen molar-refractivity contribution in [2.45, 2.75) is 77.2 Å². The third-order valence-corrected chi connectivity index (χ3v) is 8.15. The molecule has 0 spiro atoms. The van der Waals surface area contributed by atoms with Crippen LogP contribution in [0, 0.1) is 23.2 Å². The summed E-state index contributed by atoms with van der Waals surface area (Å²) in [5, 5.41) is 15.6. The van der Waals surface area contributed by atoms with Crippen molar-refractivity contribution in [3.63, 3.8) is 0 Å². The van der Waals surface area contributed by atoms with Crippen molar-refractivity contribution in [2.75, 3.05) is 7.05 Å². The molecule has 2 N–H and O–H groups in total. The summed E-state index contributed by atoms with van der Waals surface area (Å²) in [5.74, 6) is -0.947. The summed E-state index contributed by atoms with van der Waals surface area (Å²) in [6.07, 6.45) is 7.39. The molecule has 0 bridgehead atoms. The monoisotopic (exact) mass is 508 g/mol. The van der Waals surface area contributed by atoms with Crippen molar-refractivity contribution in [2.24, 2.45) is 11.8 Å². The molecular weight excluding hydrogens is 472 g/mol. The van der Waals surface area contributed by atoms with E-state index in [1.54, 1.807) is 18.4 Å². The average molecular weight is 509 g/mol. The van der Waals surface area contributed by atoms with Crippen molar-refractivity contribution in [3.05, 3.63) is 40.9 Å². The number of aromatic nitrogens is 1. The highest BCUT2D eigenvalue weighted by Gasteiger charge is 2.30. The van der Waals surface area contributed by atoms with E-state index in [2.05, 4.69) is 36.3 Å². The third-order valence-electron chi connectivity index (χ3n) is 7.11. The van der Waals surface area contributed by atoms with Crippen LogP contribution in [0.15, 0.2) is 30.4 Å². The number of benzene rings is 1. The van der Waals surface area contributed by atoms with Gasteiger partial charge in [-0.1, -0.05) is 38.8 Å². The number of fused-ring (bicyclic) bond motifs is 1. The van der Waals surface area contributed by atoms with Crippen LogP contribution in [0.2, 0.25) is 0 Å². The van der Waals surface area contributed by atoms with E-state index in [-0.39, 0.29) is 48.0 Å². The minimum atomic E-state index is -0.563. The number of allylic oxidation sites excluding steroid dienone is 1. The quantitative estimate of drug-likeness (QED) is 0.320. The number of carbonyl (C=O) groups excluding carboxylic acids is 3. The lowest BCUT2D eigenvalue weighted by Crippen LogP contribution is -2.45. The lowest BCUT2D eigenvalue weighted by Gasteiger charge is -2.32. The fourth-order valence-electron chi connectivity index (χ4n) is 4.88. The van der Waals surface area contributed by atoms with Gasteiger partial charge < -0.3 is 10.6 Å². The summed E-state index contributed by atoms with van der Waals surface area (Å²) in [7, 11) is 1.57. The summed E-state index contributed by atoms with van der Waals surface area (Å²) in [6.45, 7) is 5.63. The first-order valence-electron chi connectivity index (χ1n) is 12.9. The van der Waals surface area contributed by atoms with Gasteiger partial charge in [-0.2, -0.15) is 5.26 Å². The molecule has 1 heterocycles. The molecule has 1 aliphatic carbocycles. The second-order valence-corrected chi connectivity index (χ2v) is 10.7. The van der Waals surface area contributed by atoms with Crippen LogP contribution in [0.1, 0.15) is 68.9 Å². The standard InChI is InChI=1S/C28H36N4O3S/c1-4-19-10-11-23-25(14-19)36-27(31-23)16-21(15-26(34)30-3)28(35)32-22(20-8-6-5-7-9-20)12-13-24(33)18(2)17-29/h10-11,14,20-22H,2,4-9,12-13,15-16H2,1,3H3,(H,30,34)(H,32,35)/t21-,22+/m0/s1. The molecule has 8 heteroatoms. The van der Waals surface area contributed by atoms with Gasteiger partial charge >= 0.3 is 0 Å². The van der Waals surface area contributed by atoms with Gasteiger partial charge in [0, 0.05) is 32.4 Å². The Morgan fingerprint density at radius 3 is 2.67 bits per heavy atom. The normalized spacial score (nSPS) is 15.6. The van der Waals surface area contributed by atoms with Gasteiger partial charge in [0.2, 0.25) is 11.8 Å². The zero-order valence-corrected chi connectivity index (χ0v) is 22.1. The Labute approximate surface area is 217 Å². The molecule has 1 aromatic heterocycles. The summed E-state index contributed by atoms with van der Waals surface area (Å²) in [6, 6.07) is 7.85. The molecule has 3 rings (SSSR count). The van der Waals surface area contributed by atoms with Crippen LogP contribution in [0.5, 0.6) is 0 Å². The SMILES string of the molecule is C=C(C#N)C(=O)CC[C@@H](NC(=O)[C@@H](CC(=O)NC)Cc1nc2ccc(CC)cc2s1)C1CCCCC1. The minimum absolute atomic E-state index is 0.0525. The fraction of sp³-hybridized carbons (Fsp3) is 0.536. The summed E-state index contributed by atoms with van der Waals surface area (Å²) in [5.41, 5.74) is 2.09. The van der Waals surface area contributed by atoms with E-state index in [1.807, 2.05) is 12.1 Å². The number of nitrogens with zero attached hydrogens (tertiary/aromatic N) is 2. The maximum Gasteiger partial charge on any atom is 0.224 e. The number of nitrogens with one attached hydrogen (secondary N) is 2. The largest absolute Gasteiger partial charge is 0.359 e. The van der Waals surface area contributed by atoms with Gasteiger partial charge in [0.1, 0.15) is 6.07 Å². The molecule has 36 heavy (non-hydrogen) atoms. The lowest BCUT2D eigenvalue weighted by atomic mass is 9.81. The number of amides is 2. The van der Waals surface area contributed by atoms with E-state index in [9.17, 15) is 14.4 Å². The Morgan fingerprint density at radius 1 is 1.25 bits per heavy atom. The van der Waals surface area contributed by atoms with E-state index in [0.29, 0.717) is 12.8 Å². The molecule has 0 saturated heterocycles. The zero-order chi connectivity index (χ0) is 26.1. The number of rotatable bonds is 12. The smallest absolute Gasteiger partial charge is 0.224 e. The Hall–Kier alpha value is -3.05. The number of aryl methyl sites for hydroxylation is 1. The molecule has 1 aromatic carbocycles. The molecule has 2 atom stereocenters. The van der Waals surface area contributed by atoms with Crippen LogP contribution in [0.25, 0.3) is 10.2 Å². The van der Waals surface area contributed by atoms with E-state index in [0.717, 1.165) is 47.3 Å². The lowest BCUT2D eigenvalue weighted by molar-refractivity contribution is -0.131. The van der Waals surface area contributed by atoms with Gasteiger partial charge in [-0.05, 0) is 49.3 Å². The number of ketones is 1.